The molecule has 1 atom stereocenters. The van der Waals surface area contributed by atoms with Crippen molar-refractivity contribution in [2.75, 3.05) is 19.8 Å². The van der Waals surface area contributed by atoms with Gasteiger partial charge in [-0.25, -0.2) is 4.39 Å². The number of nitrogens with one attached hydrogen (secondary N) is 1. The molecule has 1 fully saturated rings. The van der Waals surface area contributed by atoms with Crippen LogP contribution in [0.5, 0.6) is 11.5 Å². The van der Waals surface area contributed by atoms with E-state index in [1.807, 2.05) is 12.1 Å². The van der Waals surface area contributed by atoms with Crippen molar-refractivity contribution in [2.45, 2.75) is 38.4 Å². The van der Waals surface area contributed by atoms with E-state index in [9.17, 15) is 4.39 Å². The molecule has 1 aromatic carbocycles. The van der Waals surface area contributed by atoms with Crippen LogP contribution < -0.4 is 14.8 Å². The van der Waals surface area contributed by atoms with Gasteiger partial charge in [0.2, 0.25) is 0 Å². The molecular formula is C15H20FNO2. The minimum Gasteiger partial charge on any atom is -0.486 e. The molecule has 0 radical (unpaired) electrons. The molecule has 2 aliphatic heterocycles. The second kappa shape index (κ2) is 4.67. The maximum atomic E-state index is 14.5. The molecule has 2 aliphatic rings. The average molecular weight is 265 g/mol. The molecule has 0 aromatic heterocycles. The first kappa shape index (κ1) is 12.7. The first-order valence-corrected chi connectivity index (χ1v) is 6.92. The molecule has 1 saturated heterocycles. The van der Waals surface area contributed by atoms with Crippen LogP contribution >= 0.6 is 0 Å². The van der Waals surface area contributed by atoms with Gasteiger partial charge in [-0.05, 0) is 56.5 Å². The van der Waals surface area contributed by atoms with Crippen molar-refractivity contribution in [2.24, 2.45) is 0 Å². The molecule has 2 heterocycles. The summed E-state index contributed by atoms with van der Waals surface area (Å²) in [5.74, 6) is 1.40. The van der Waals surface area contributed by atoms with Gasteiger partial charge in [-0.2, -0.15) is 0 Å². The van der Waals surface area contributed by atoms with Gasteiger partial charge in [0, 0.05) is 6.04 Å². The third kappa shape index (κ3) is 2.41. The second-order valence-electron chi connectivity index (χ2n) is 5.70. The predicted octanol–water partition coefficient (Wildman–Crippen LogP) is 3.09. The van der Waals surface area contributed by atoms with Crippen molar-refractivity contribution in [3.8, 4) is 11.5 Å². The monoisotopic (exact) mass is 265 g/mol. The van der Waals surface area contributed by atoms with E-state index in [-0.39, 0.29) is 6.04 Å². The standard InChI is InChI=1S/C15H20FNO2/c1-15(2,16)11-9-14-13(18-6-7-19-14)8-10(11)12-4-3-5-17-12/h8-9,12,17H,3-7H2,1-2H3. The summed E-state index contributed by atoms with van der Waals surface area (Å²) in [4.78, 5) is 0. The molecule has 0 amide bonds. The summed E-state index contributed by atoms with van der Waals surface area (Å²) in [6.07, 6.45) is 2.17. The van der Waals surface area contributed by atoms with Crippen LogP contribution in [0.1, 0.15) is 43.9 Å². The fraction of sp³-hybridized carbons (Fsp3) is 0.600. The molecule has 1 N–H and O–H groups in total. The lowest BCUT2D eigenvalue weighted by molar-refractivity contribution is 0.168. The van der Waals surface area contributed by atoms with Crippen molar-refractivity contribution in [3.05, 3.63) is 23.3 Å². The van der Waals surface area contributed by atoms with Crippen LogP contribution in [0, 0.1) is 0 Å². The largest absolute Gasteiger partial charge is 0.486 e. The van der Waals surface area contributed by atoms with Crippen molar-refractivity contribution >= 4 is 0 Å². The molecular weight excluding hydrogens is 245 g/mol. The maximum Gasteiger partial charge on any atom is 0.161 e. The normalized spacial score (nSPS) is 22.6. The molecule has 4 heteroatoms. The molecule has 0 bridgehead atoms. The summed E-state index contributed by atoms with van der Waals surface area (Å²) in [6.45, 7) is 5.27. The Hall–Kier alpha value is -1.29. The van der Waals surface area contributed by atoms with Gasteiger partial charge in [0.25, 0.3) is 0 Å². The van der Waals surface area contributed by atoms with E-state index >= 15 is 0 Å². The Morgan fingerprint density at radius 2 is 1.89 bits per heavy atom. The van der Waals surface area contributed by atoms with Crippen LogP contribution in [0.25, 0.3) is 0 Å². The van der Waals surface area contributed by atoms with Gasteiger partial charge in [-0.1, -0.05) is 0 Å². The Balaban J connectivity index is 2.08. The molecule has 0 saturated carbocycles. The fourth-order valence-electron chi connectivity index (χ4n) is 2.86. The lowest BCUT2D eigenvalue weighted by Gasteiger charge is -2.27. The summed E-state index contributed by atoms with van der Waals surface area (Å²) in [7, 11) is 0. The van der Waals surface area contributed by atoms with Crippen LogP contribution in [0.15, 0.2) is 12.1 Å². The number of benzene rings is 1. The van der Waals surface area contributed by atoms with Crippen LogP contribution in [-0.2, 0) is 5.67 Å². The Morgan fingerprint density at radius 3 is 2.47 bits per heavy atom. The van der Waals surface area contributed by atoms with Crippen LogP contribution in [-0.4, -0.2) is 19.8 Å². The lowest BCUT2D eigenvalue weighted by Crippen LogP contribution is -2.22. The topological polar surface area (TPSA) is 30.5 Å². The second-order valence-corrected chi connectivity index (χ2v) is 5.70. The highest BCUT2D eigenvalue weighted by Gasteiger charge is 2.30. The zero-order chi connectivity index (χ0) is 13.5. The molecule has 1 aromatic rings. The smallest absolute Gasteiger partial charge is 0.161 e. The fourth-order valence-corrected chi connectivity index (χ4v) is 2.86. The highest BCUT2D eigenvalue weighted by molar-refractivity contribution is 5.51. The minimum atomic E-state index is -1.38. The Kier molecular flexibility index (Phi) is 3.13. The van der Waals surface area contributed by atoms with Gasteiger partial charge < -0.3 is 14.8 Å². The highest BCUT2D eigenvalue weighted by atomic mass is 19.1. The van der Waals surface area contributed by atoms with E-state index in [0.29, 0.717) is 24.5 Å². The first-order valence-electron chi connectivity index (χ1n) is 6.92. The summed E-state index contributed by atoms with van der Waals surface area (Å²) in [5.41, 5.74) is 0.334. The molecule has 0 spiro atoms. The van der Waals surface area contributed by atoms with Gasteiger partial charge in [0.15, 0.2) is 11.5 Å². The first-order chi connectivity index (χ1) is 9.05. The van der Waals surface area contributed by atoms with Crippen molar-refractivity contribution in [1.29, 1.82) is 0 Å². The summed E-state index contributed by atoms with van der Waals surface area (Å²) >= 11 is 0. The third-order valence-electron chi connectivity index (χ3n) is 3.79. The van der Waals surface area contributed by atoms with E-state index in [1.165, 1.54) is 0 Å². The Morgan fingerprint density at radius 1 is 1.21 bits per heavy atom. The molecule has 0 aliphatic carbocycles. The van der Waals surface area contributed by atoms with Crippen LogP contribution in [0.3, 0.4) is 0 Å². The number of hydrogen-bond donors (Lipinski definition) is 1. The Labute approximate surface area is 113 Å². The van der Waals surface area contributed by atoms with Crippen molar-refractivity contribution in [1.82, 2.24) is 5.32 Å². The number of rotatable bonds is 2. The summed E-state index contributed by atoms with van der Waals surface area (Å²) < 4.78 is 25.7. The number of ether oxygens (including phenoxy) is 2. The van der Waals surface area contributed by atoms with Crippen molar-refractivity contribution < 1.29 is 13.9 Å². The van der Waals surface area contributed by atoms with Gasteiger partial charge in [0.05, 0.1) is 0 Å². The zero-order valence-corrected chi connectivity index (χ0v) is 11.5. The van der Waals surface area contributed by atoms with Crippen LogP contribution in [0.4, 0.5) is 4.39 Å². The number of hydrogen-bond acceptors (Lipinski definition) is 3. The third-order valence-corrected chi connectivity index (χ3v) is 3.79. The maximum absolute atomic E-state index is 14.5. The average Bonchev–Trinajstić information content (AvgIpc) is 2.90. The van der Waals surface area contributed by atoms with E-state index in [2.05, 4.69) is 5.32 Å². The van der Waals surface area contributed by atoms with E-state index in [1.54, 1.807) is 13.8 Å². The number of halogens is 1. The molecule has 3 nitrogen and oxygen atoms in total. The van der Waals surface area contributed by atoms with Gasteiger partial charge in [0.1, 0.15) is 18.9 Å². The van der Waals surface area contributed by atoms with Gasteiger partial charge in [-0.15, -0.1) is 0 Å². The van der Waals surface area contributed by atoms with Gasteiger partial charge >= 0.3 is 0 Å². The van der Waals surface area contributed by atoms with Crippen molar-refractivity contribution in [3.63, 3.8) is 0 Å². The van der Waals surface area contributed by atoms with Crippen LogP contribution in [0.2, 0.25) is 0 Å². The molecule has 104 valence electrons. The minimum absolute atomic E-state index is 0.223. The SMILES string of the molecule is CC(C)(F)c1cc2c(cc1C1CCCN1)OCCO2. The van der Waals surface area contributed by atoms with E-state index < -0.39 is 5.67 Å². The molecule has 1 unspecified atom stereocenters. The highest BCUT2D eigenvalue weighted by Crippen LogP contribution is 2.42. The summed E-state index contributed by atoms with van der Waals surface area (Å²) in [6, 6.07) is 3.98. The van der Waals surface area contributed by atoms with E-state index in [4.69, 9.17) is 9.47 Å². The number of alkyl halides is 1. The van der Waals surface area contributed by atoms with E-state index in [0.717, 1.165) is 30.7 Å². The lowest BCUT2D eigenvalue weighted by atomic mass is 9.89. The summed E-state index contributed by atoms with van der Waals surface area (Å²) in [5, 5.41) is 3.43. The molecule has 19 heavy (non-hydrogen) atoms. The molecule has 3 rings (SSSR count). The predicted molar refractivity (Wildman–Crippen MR) is 71.5 cm³/mol. The zero-order valence-electron chi connectivity index (χ0n) is 11.5. The Bertz CT molecular complexity index is 476. The van der Waals surface area contributed by atoms with Gasteiger partial charge in [-0.3, -0.25) is 0 Å². The quantitative estimate of drug-likeness (QED) is 0.891. The number of fused-ring (bicyclic) bond motifs is 1.